The van der Waals surface area contributed by atoms with E-state index in [-0.39, 0.29) is 11.6 Å². The molecule has 1 aliphatic rings. The van der Waals surface area contributed by atoms with Crippen molar-refractivity contribution in [1.82, 2.24) is 0 Å². The van der Waals surface area contributed by atoms with E-state index in [4.69, 9.17) is 10.5 Å². The van der Waals surface area contributed by atoms with Crippen molar-refractivity contribution in [1.29, 1.82) is 0 Å². The fourth-order valence-corrected chi connectivity index (χ4v) is 0.837. The molecule has 1 saturated carbocycles. The third-order valence-electron chi connectivity index (χ3n) is 2.10. The van der Waals surface area contributed by atoms with Gasteiger partial charge in [-0.15, -0.1) is 0 Å². The van der Waals surface area contributed by atoms with E-state index in [1.54, 1.807) is 0 Å². The first kappa shape index (κ1) is 9.52. The Bertz CT molecular complexity index is 189. The van der Waals surface area contributed by atoms with E-state index >= 15 is 0 Å². The molecule has 0 spiro atoms. The molecule has 0 amide bonds. The predicted molar refractivity (Wildman–Crippen MR) is 46.6 cm³/mol. The van der Waals surface area contributed by atoms with Crippen LogP contribution in [0.15, 0.2) is 0 Å². The van der Waals surface area contributed by atoms with Gasteiger partial charge in [0.1, 0.15) is 5.60 Å². The topological polar surface area (TPSA) is 52.3 Å². The van der Waals surface area contributed by atoms with Crippen LogP contribution in [0.4, 0.5) is 0 Å². The van der Waals surface area contributed by atoms with Gasteiger partial charge in [0.05, 0.1) is 5.41 Å². The lowest BCUT2D eigenvalue weighted by Crippen LogP contribution is -2.34. The molecule has 2 N–H and O–H groups in total. The molecule has 0 heterocycles. The van der Waals surface area contributed by atoms with Crippen molar-refractivity contribution >= 4 is 5.97 Å². The monoisotopic (exact) mass is 171 g/mol. The van der Waals surface area contributed by atoms with Crippen LogP contribution in [0.3, 0.4) is 0 Å². The summed E-state index contributed by atoms with van der Waals surface area (Å²) in [5.41, 5.74) is 4.77. The molecule has 0 radical (unpaired) electrons. The number of hydrogen-bond acceptors (Lipinski definition) is 3. The van der Waals surface area contributed by atoms with Gasteiger partial charge in [0.2, 0.25) is 0 Å². The summed E-state index contributed by atoms with van der Waals surface area (Å²) in [4.78, 5) is 11.4. The van der Waals surface area contributed by atoms with Crippen molar-refractivity contribution in [2.75, 3.05) is 6.54 Å². The molecule has 12 heavy (non-hydrogen) atoms. The summed E-state index contributed by atoms with van der Waals surface area (Å²) in [6.07, 6.45) is 1.84. The Hall–Kier alpha value is -0.570. The largest absolute Gasteiger partial charge is 0.457 e. The smallest absolute Gasteiger partial charge is 0.311 e. The fraction of sp³-hybridized carbons (Fsp3) is 0.889. The van der Waals surface area contributed by atoms with Crippen molar-refractivity contribution in [3.63, 3.8) is 0 Å². The molecule has 3 nitrogen and oxygen atoms in total. The maximum absolute atomic E-state index is 11.4. The van der Waals surface area contributed by atoms with Gasteiger partial charge in [-0.05, 0) is 33.6 Å². The van der Waals surface area contributed by atoms with Crippen LogP contribution in [0.25, 0.3) is 0 Å². The zero-order valence-electron chi connectivity index (χ0n) is 8.02. The lowest BCUT2D eigenvalue weighted by molar-refractivity contribution is -0.160. The van der Waals surface area contributed by atoms with Gasteiger partial charge in [0.25, 0.3) is 0 Å². The van der Waals surface area contributed by atoms with Crippen molar-refractivity contribution in [3.05, 3.63) is 0 Å². The van der Waals surface area contributed by atoms with Gasteiger partial charge in [-0.3, -0.25) is 4.79 Å². The van der Waals surface area contributed by atoms with Crippen LogP contribution in [0.1, 0.15) is 33.6 Å². The van der Waals surface area contributed by atoms with Crippen LogP contribution in [-0.4, -0.2) is 18.1 Å². The Morgan fingerprint density at radius 2 is 2.00 bits per heavy atom. The van der Waals surface area contributed by atoms with Crippen LogP contribution >= 0.6 is 0 Å². The number of hydrogen-bond donors (Lipinski definition) is 1. The molecule has 0 saturated heterocycles. The van der Waals surface area contributed by atoms with Crippen molar-refractivity contribution < 1.29 is 9.53 Å². The Morgan fingerprint density at radius 3 is 2.25 bits per heavy atom. The maximum atomic E-state index is 11.4. The highest BCUT2D eigenvalue weighted by atomic mass is 16.6. The predicted octanol–water partition coefficient (Wildman–Crippen LogP) is 1.07. The molecule has 1 aliphatic carbocycles. The molecule has 0 aromatic rings. The average Bonchev–Trinajstić information content (AvgIpc) is 2.67. The SMILES string of the molecule is CC(C)(C)C(=O)OC1(CN)CC1. The zero-order valence-corrected chi connectivity index (χ0v) is 8.02. The average molecular weight is 171 g/mol. The van der Waals surface area contributed by atoms with Gasteiger partial charge in [-0.25, -0.2) is 0 Å². The highest BCUT2D eigenvalue weighted by molar-refractivity contribution is 5.76. The maximum Gasteiger partial charge on any atom is 0.311 e. The second-order valence-electron chi connectivity index (χ2n) is 4.53. The van der Waals surface area contributed by atoms with Gasteiger partial charge < -0.3 is 10.5 Å². The highest BCUT2D eigenvalue weighted by Crippen LogP contribution is 2.39. The number of ether oxygens (including phenoxy) is 1. The second-order valence-corrected chi connectivity index (χ2v) is 4.53. The Kier molecular flexibility index (Phi) is 2.17. The fourth-order valence-electron chi connectivity index (χ4n) is 0.837. The zero-order chi connectivity index (χ0) is 9.41. The Morgan fingerprint density at radius 1 is 1.50 bits per heavy atom. The molecule has 0 bridgehead atoms. The van der Waals surface area contributed by atoms with E-state index in [0.29, 0.717) is 6.54 Å². The van der Waals surface area contributed by atoms with Crippen molar-refractivity contribution in [2.45, 2.75) is 39.2 Å². The van der Waals surface area contributed by atoms with E-state index in [1.165, 1.54) is 0 Å². The number of rotatable bonds is 2. The number of carbonyl (C=O) groups is 1. The van der Waals surface area contributed by atoms with Gasteiger partial charge in [-0.1, -0.05) is 0 Å². The molecule has 0 aromatic carbocycles. The molecule has 1 rings (SSSR count). The Labute approximate surface area is 73.3 Å². The van der Waals surface area contributed by atoms with E-state index < -0.39 is 5.41 Å². The summed E-state index contributed by atoms with van der Waals surface area (Å²) in [7, 11) is 0. The molecule has 0 atom stereocenters. The van der Waals surface area contributed by atoms with Gasteiger partial charge in [0, 0.05) is 6.54 Å². The molecule has 0 unspecified atom stereocenters. The third kappa shape index (κ3) is 1.97. The van der Waals surface area contributed by atoms with E-state index in [2.05, 4.69) is 0 Å². The van der Waals surface area contributed by atoms with Crippen LogP contribution in [0.2, 0.25) is 0 Å². The third-order valence-corrected chi connectivity index (χ3v) is 2.10. The molecular formula is C9H17NO2. The van der Waals surface area contributed by atoms with Gasteiger partial charge >= 0.3 is 5.97 Å². The van der Waals surface area contributed by atoms with Crippen molar-refractivity contribution in [2.24, 2.45) is 11.1 Å². The minimum atomic E-state index is -0.412. The first-order valence-corrected chi connectivity index (χ1v) is 4.33. The molecule has 0 aromatic heterocycles. The normalized spacial score (nSPS) is 20.3. The first-order valence-electron chi connectivity index (χ1n) is 4.33. The summed E-state index contributed by atoms with van der Waals surface area (Å²) in [5, 5.41) is 0. The Balaban J connectivity index is 2.47. The van der Waals surface area contributed by atoms with E-state index in [0.717, 1.165) is 12.8 Å². The minimum absolute atomic E-state index is 0.148. The molecule has 0 aliphatic heterocycles. The molecule has 3 heteroatoms. The quantitative estimate of drug-likeness (QED) is 0.632. The summed E-state index contributed by atoms with van der Waals surface area (Å²) in [6.45, 7) is 6.00. The van der Waals surface area contributed by atoms with E-state index in [1.807, 2.05) is 20.8 Å². The summed E-state index contributed by atoms with van der Waals surface area (Å²) in [6, 6.07) is 0. The number of esters is 1. The van der Waals surface area contributed by atoms with Crippen LogP contribution in [0.5, 0.6) is 0 Å². The highest BCUT2D eigenvalue weighted by Gasteiger charge is 2.47. The lowest BCUT2D eigenvalue weighted by Gasteiger charge is -2.21. The van der Waals surface area contributed by atoms with Crippen LogP contribution in [0, 0.1) is 5.41 Å². The first-order chi connectivity index (χ1) is 5.40. The summed E-state index contributed by atoms with van der Waals surface area (Å²) < 4.78 is 5.30. The second kappa shape index (κ2) is 2.73. The molecular weight excluding hydrogens is 154 g/mol. The number of carbonyl (C=O) groups excluding carboxylic acids is 1. The van der Waals surface area contributed by atoms with Crippen LogP contribution in [-0.2, 0) is 9.53 Å². The number of nitrogens with two attached hydrogens (primary N) is 1. The van der Waals surface area contributed by atoms with Crippen LogP contribution < -0.4 is 5.73 Å². The van der Waals surface area contributed by atoms with Gasteiger partial charge in [0.15, 0.2) is 0 Å². The van der Waals surface area contributed by atoms with Gasteiger partial charge in [-0.2, -0.15) is 0 Å². The van der Waals surface area contributed by atoms with Crippen molar-refractivity contribution in [3.8, 4) is 0 Å². The summed E-state index contributed by atoms with van der Waals surface area (Å²) >= 11 is 0. The minimum Gasteiger partial charge on any atom is -0.457 e. The molecule has 1 fully saturated rings. The van der Waals surface area contributed by atoms with E-state index in [9.17, 15) is 4.79 Å². The molecule has 70 valence electrons. The lowest BCUT2D eigenvalue weighted by atomic mass is 9.97. The standard InChI is InChI=1S/C9H17NO2/c1-8(2,3)7(11)12-9(6-10)4-5-9/h4-6,10H2,1-3H3. The summed E-state index contributed by atoms with van der Waals surface area (Å²) in [5.74, 6) is -0.148.